The van der Waals surface area contributed by atoms with Crippen LogP contribution in [-0.2, 0) is 4.74 Å². The second kappa shape index (κ2) is 3.58. The summed E-state index contributed by atoms with van der Waals surface area (Å²) < 4.78 is 4.84. The van der Waals surface area contributed by atoms with Crippen LogP contribution in [0.3, 0.4) is 0 Å². The van der Waals surface area contributed by atoms with Gasteiger partial charge in [0.15, 0.2) is 0 Å². The highest BCUT2D eigenvalue weighted by atomic mass is 79.9. The molecule has 0 aliphatic heterocycles. The standard InChI is InChI=1S/C8H7BrO3/c1-12-8(11)5-2-3-7(10)6(9)4-5/h2-4,10H,1H3/p-1. The molecule has 1 aromatic carbocycles. The first kappa shape index (κ1) is 9.06. The Balaban J connectivity index is 3.05. The van der Waals surface area contributed by atoms with Crippen molar-refractivity contribution in [1.82, 2.24) is 0 Å². The Morgan fingerprint density at radius 3 is 2.75 bits per heavy atom. The summed E-state index contributed by atoms with van der Waals surface area (Å²) >= 11 is 3.02. The van der Waals surface area contributed by atoms with Crippen molar-refractivity contribution in [3.05, 3.63) is 28.2 Å². The van der Waals surface area contributed by atoms with E-state index in [9.17, 15) is 9.90 Å². The van der Waals surface area contributed by atoms with Crippen LogP contribution in [0.1, 0.15) is 10.4 Å². The van der Waals surface area contributed by atoms with E-state index in [0.29, 0.717) is 10.0 Å². The first-order chi connectivity index (χ1) is 5.65. The van der Waals surface area contributed by atoms with Gasteiger partial charge in [-0.25, -0.2) is 4.79 Å². The molecule has 0 atom stereocenters. The molecular weight excluding hydrogens is 224 g/mol. The first-order valence-electron chi connectivity index (χ1n) is 3.20. The second-order valence-corrected chi connectivity index (χ2v) is 2.99. The highest BCUT2D eigenvalue weighted by molar-refractivity contribution is 9.10. The minimum absolute atomic E-state index is 0.150. The van der Waals surface area contributed by atoms with Crippen LogP contribution < -0.4 is 5.11 Å². The number of hydrogen-bond acceptors (Lipinski definition) is 3. The van der Waals surface area contributed by atoms with E-state index in [-0.39, 0.29) is 5.75 Å². The molecule has 0 unspecified atom stereocenters. The van der Waals surface area contributed by atoms with Gasteiger partial charge < -0.3 is 9.84 Å². The molecule has 12 heavy (non-hydrogen) atoms. The van der Waals surface area contributed by atoms with Crippen LogP contribution in [0.4, 0.5) is 0 Å². The maximum atomic E-state index is 10.9. The minimum Gasteiger partial charge on any atom is -0.872 e. The zero-order chi connectivity index (χ0) is 9.14. The van der Waals surface area contributed by atoms with E-state index in [4.69, 9.17) is 0 Å². The number of esters is 1. The highest BCUT2D eigenvalue weighted by Crippen LogP contribution is 2.21. The van der Waals surface area contributed by atoms with Crippen LogP contribution in [0.25, 0.3) is 0 Å². The predicted octanol–water partition coefficient (Wildman–Crippen LogP) is 1.31. The van der Waals surface area contributed by atoms with Crippen molar-refractivity contribution in [2.75, 3.05) is 7.11 Å². The van der Waals surface area contributed by atoms with Crippen LogP contribution in [0.15, 0.2) is 22.7 Å². The van der Waals surface area contributed by atoms with Gasteiger partial charge in [-0.05, 0) is 12.1 Å². The van der Waals surface area contributed by atoms with E-state index in [1.807, 2.05) is 0 Å². The maximum Gasteiger partial charge on any atom is 0.337 e. The van der Waals surface area contributed by atoms with Crippen LogP contribution in [0.5, 0.6) is 5.75 Å². The molecule has 0 fully saturated rings. The van der Waals surface area contributed by atoms with E-state index < -0.39 is 5.97 Å². The van der Waals surface area contributed by atoms with Crippen molar-refractivity contribution in [3.8, 4) is 5.75 Å². The number of carbonyl (C=O) groups excluding carboxylic acids is 1. The average Bonchev–Trinajstić information content (AvgIpc) is 2.08. The quantitative estimate of drug-likeness (QED) is 0.683. The van der Waals surface area contributed by atoms with Crippen LogP contribution >= 0.6 is 15.9 Å². The van der Waals surface area contributed by atoms with Crippen molar-refractivity contribution in [2.24, 2.45) is 0 Å². The Hall–Kier alpha value is -1.03. The second-order valence-electron chi connectivity index (χ2n) is 2.14. The molecule has 0 aromatic heterocycles. The number of carbonyl (C=O) groups is 1. The van der Waals surface area contributed by atoms with E-state index in [1.165, 1.54) is 25.3 Å². The Morgan fingerprint density at radius 1 is 1.58 bits per heavy atom. The Morgan fingerprint density at radius 2 is 2.25 bits per heavy atom. The van der Waals surface area contributed by atoms with Gasteiger partial charge in [0, 0.05) is 4.47 Å². The molecule has 0 bridgehead atoms. The highest BCUT2D eigenvalue weighted by Gasteiger charge is 2.04. The summed E-state index contributed by atoms with van der Waals surface area (Å²) in [4.78, 5) is 10.9. The van der Waals surface area contributed by atoms with Gasteiger partial charge in [0.1, 0.15) is 0 Å². The van der Waals surface area contributed by atoms with Gasteiger partial charge in [-0.2, -0.15) is 0 Å². The number of benzene rings is 1. The number of halogens is 1. The molecule has 0 amide bonds. The predicted molar refractivity (Wildman–Crippen MR) is 44.9 cm³/mol. The molecule has 4 heteroatoms. The van der Waals surface area contributed by atoms with Gasteiger partial charge in [0.25, 0.3) is 0 Å². The van der Waals surface area contributed by atoms with E-state index in [2.05, 4.69) is 20.7 Å². The zero-order valence-corrected chi connectivity index (χ0v) is 7.92. The Bertz CT molecular complexity index is 309. The topological polar surface area (TPSA) is 49.4 Å². The monoisotopic (exact) mass is 229 g/mol. The lowest BCUT2D eigenvalue weighted by atomic mass is 10.2. The number of ether oxygens (including phenoxy) is 1. The number of rotatable bonds is 1. The van der Waals surface area contributed by atoms with Gasteiger partial charge in [-0.15, -0.1) is 0 Å². The normalized spacial score (nSPS) is 9.50. The van der Waals surface area contributed by atoms with Crippen LogP contribution in [-0.4, -0.2) is 13.1 Å². The molecule has 0 aliphatic rings. The first-order valence-corrected chi connectivity index (χ1v) is 3.99. The molecule has 0 saturated heterocycles. The van der Waals surface area contributed by atoms with Crippen molar-refractivity contribution in [3.63, 3.8) is 0 Å². The third-order valence-corrected chi connectivity index (χ3v) is 1.97. The molecule has 0 spiro atoms. The van der Waals surface area contributed by atoms with E-state index >= 15 is 0 Å². The summed E-state index contributed by atoms with van der Waals surface area (Å²) in [6.07, 6.45) is 0. The molecule has 0 radical (unpaired) electrons. The van der Waals surface area contributed by atoms with Crippen LogP contribution in [0.2, 0.25) is 0 Å². The summed E-state index contributed by atoms with van der Waals surface area (Å²) in [6, 6.07) is 4.18. The Kier molecular flexibility index (Phi) is 2.70. The van der Waals surface area contributed by atoms with Gasteiger partial charge in [-0.3, -0.25) is 0 Å². The Labute approximate surface area is 78.1 Å². The largest absolute Gasteiger partial charge is 0.872 e. The molecule has 0 saturated carbocycles. The van der Waals surface area contributed by atoms with E-state index in [1.54, 1.807) is 0 Å². The van der Waals surface area contributed by atoms with Crippen molar-refractivity contribution < 1.29 is 14.6 Å². The van der Waals surface area contributed by atoms with Crippen molar-refractivity contribution >= 4 is 21.9 Å². The summed E-state index contributed by atoms with van der Waals surface area (Å²) in [5, 5.41) is 10.9. The average molecular weight is 230 g/mol. The lowest BCUT2D eigenvalue weighted by molar-refractivity contribution is -0.269. The van der Waals surface area contributed by atoms with Gasteiger partial charge in [0.05, 0.1) is 12.7 Å². The molecule has 1 aromatic rings. The maximum absolute atomic E-state index is 10.9. The molecule has 0 N–H and O–H groups in total. The fraction of sp³-hybridized carbons (Fsp3) is 0.125. The van der Waals surface area contributed by atoms with E-state index in [0.717, 1.165) is 0 Å². The third-order valence-electron chi connectivity index (χ3n) is 1.35. The zero-order valence-electron chi connectivity index (χ0n) is 6.33. The molecular formula is C8H6BrO3-. The summed E-state index contributed by atoms with van der Waals surface area (Å²) in [7, 11) is 1.29. The van der Waals surface area contributed by atoms with Gasteiger partial charge >= 0.3 is 5.97 Å². The third kappa shape index (κ3) is 1.76. The molecule has 1 rings (SSSR count). The SMILES string of the molecule is COC(=O)c1ccc([O-])c(Br)c1. The van der Waals surface area contributed by atoms with Crippen LogP contribution in [0, 0.1) is 0 Å². The van der Waals surface area contributed by atoms with Crippen molar-refractivity contribution in [1.29, 1.82) is 0 Å². The minimum atomic E-state index is -0.448. The summed E-state index contributed by atoms with van der Waals surface area (Å²) in [6.45, 7) is 0. The summed E-state index contributed by atoms with van der Waals surface area (Å²) in [5.41, 5.74) is 0.365. The fourth-order valence-corrected chi connectivity index (χ4v) is 1.12. The van der Waals surface area contributed by atoms with Crippen molar-refractivity contribution in [2.45, 2.75) is 0 Å². The number of hydrogen-bond donors (Lipinski definition) is 0. The fourth-order valence-electron chi connectivity index (χ4n) is 0.746. The summed E-state index contributed by atoms with van der Waals surface area (Å²) in [5.74, 6) is -0.599. The molecule has 0 aliphatic carbocycles. The van der Waals surface area contributed by atoms with Gasteiger partial charge in [0.2, 0.25) is 0 Å². The smallest absolute Gasteiger partial charge is 0.337 e. The molecule has 0 heterocycles. The number of methoxy groups -OCH3 is 1. The lowest BCUT2D eigenvalue weighted by Crippen LogP contribution is -2.01. The van der Waals surface area contributed by atoms with Gasteiger partial charge in [-0.1, -0.05) is 27.7 Å². The molecule has 3 nitrogen and oxygen atoms in total. The molecule has 64 valence electrons. The lowest BCUT2D eigenvalue weighted by Gasteiger charge is -2.08.